The van der Waals surface area contributed by atoms with Crippen LogP contribution < -0.4 is 10.6 Å². The van der Waals surface area contributed by atoms with Gasteiger partial charge in [-0.3, -0.25) is 4.79 Å². The van der Waals surface area contributed by atoms with Gasteiger partial charge in [-0.15, -0.1) is 10.2 Å². The van der Waals surface area contributed by atoms with Gasteiger partial charge in [0.2, 0.25) is 0 Å². The minimum atomic E-state index is -0.367. The SMILES string of the molecule is CCCCCNc1ccc(C(=O)Nc2cc(C)on2)nn1. The number of carbonyl (C=O) groups is 1. The molecule has 0 aliphatic heterocycles. The predicted octanol–water partition coefficient (Wildman–Crippen LogP) is 2.63. The van der Waals surface area contributed by atoms with Gasteiger partial charge < -0.3 is 15.2 Å². The Kier molecular flexibility index (Phi) is 5.25. The fraction of sp³-hybridized carbons (Fsp3) is 0.429. The molecule has 112 valence electrons. The topological polar surface area (TPSA) is 92.9 Å². The van der Waals surface area contributed by atoms with Gasteiger partial charge in [0.1, 0.15) is 11.6 Å². The lowest BCUT2D eigenvalue weighted by atomic mass is 10.2. The molecule has 0 unspecified atom stereocenters. The molecule has 0 bridgehead atoms. The zero-order valence-electron chi connectivity index (χ0n) is 12.2. The van der Waals surface area contributed by atoms with Gasteiger partial charge in [0, 0.05) is 12.6 Å². The van der Waals surface area contributed by atoms with Crippen molar-refractivity contribution in [2.45, 2.75) is 33.1 Å². The lowest BCUT2D eigenvalue weighted by Crippen LogP contribution is -2.15. The van der Waals surface area contributed by atoms with Crippen molar-refractivity contribution in [3.8, 4) is 0 Å². The summed E-state index contributed by atoms with van der Waals surface area (Å²) in [5.41, 5.74) is 0.231. The summed E-state index contributed by atoms with van der Waals surface area (Å²) in [6, 6.07) is 4.99. The second-order valence-electron chi connectivity index (χ2n) is 4.71. The van der Waals surface area contributed by atoms with Crippen molar-refractivity contribution >= 4 is 17.5 Å². The highest BCUT2D eigenvalue weighted by atomic mass is 16.5. The number of unbranched alkanes of at least 4 members (excludes halogenated alkanes) is 2. The lowest BCUT2D eigenvalue weighted by Gasteiger charge is -2.05. The van der Waals surface area contributed by atoms with Crippen LogP contribution in [0.2, 0.25) is 0 Å². The van der Waals surface area contributed by atoms with Crippen LogP contribution in [0.3, 0.4) is 0 Å². The van der Waals surface area contributed by atoms with Crippen LogP contribution >= 0.6 is 0 Å². The number of hydrogen-bond acceptors (Lipinski definition) is 6. The molecule has 0 aromatic carbocycles. The summed E-state index contributed by atoms with van der Waals surface area (Å²) in [5.74, 6) is 1.29. The van der Waals surface area contributed by atoms with Crippen LogP contribution in [0.1, 0.15) is 42.4 Å². The molecule has 0 radical (unpaired) electrons. The second kappa shape index (κ2) is 7.37. The smallest absolute Gasteiger partial charge is 0.277 e. The van der Waals surface area contributed by atoms with Crippen LogP contribution in [0.5, 0.6) is 0 Å². The molecule has 7 nitrogen and oxygen atoms in total. The minimum Gasteiger partial charge on any atom is -0.369 e. The van der Waals surface area contributed by atoms with E-state index in [-0.39, 0.29) is 11.6 Å². The molecular weight excluding hydrogens is 270 g/mol. The molecule has 0 saturated heterocycles. The van der Waals surface area contributed by atoms with E-state index in [4.69, 9.17) is 4.52 Å². The van der Waals surface area contributed by atoms with Gasteiger partial charge in [-0.2, -0.15) is 0 Å². The number of amides is 1. The molecule has 2 N–H and O–H groups in total. The first-order valence-electron chi connectivity index (χ1n) is 7.01. The number of hydrogen-bond donors (Lipinski definition) is 2. The third-order valence-electron chi connectivity index (χ3n) is 2.85. The van der Waals surface area contributed by atoms with Crippen molar-refractivity contribution in [3.05, 3.63) is 29.7 Å². The van der Waals surface area contributed by atoms with Crippen LogP contribution in [0, 0.1) is 6.92 Å². The summed E-state index contributed by atoms with van der Waals surface area (Å²) in [4.78, 5) is 11.9. The number of aryl methyl sites for hydroxylation is 1. The van der Waals surface area contributed by atoms with Gasteiger partial charge in [-0.1, -0.05) is 24.9 Å². The highest BCUT2D eigenvalue weighted by molar-refractivity contribution is 6.02. The third kappa shape index (κ3) is 4.55. The van der Waals surface area contributed by atoms with E-state index >= 15 is 0 Å². The second-order valence-corrected chi connectivity index (χ2v) is 4.71. The largest absolute Gasteiger partial charge is 0.369 e. The number of carbonyl (C=O) groups excluding carboxylic acids is 1. The fourth-order valence-corrected chi connectivity index (χ4v) is 1.74. The molecule has 0 saturated carbocycles. The van der Waals surface area contributed by atoms with Gasteiger partial charge in [0.25, 0.3) is 5.91 Å². The Hall–Kier alpha value is -2.44. The third-order valence-corrected chi connectivity index (χ3v) is 2.85. The van der Waals surface area contributed by atoms with Crippen molar-refractivity contribution in [2.75, 3.05) is 17.2 Å². The summed E-state index contributed by atoms with van der Waals surface area (Å²) in [6.45, 7) is 4.76. The lowest BCUT2D eigenvalue weighted by molar-refractivity contribution is 0.102. The molecule has 2 aromatic rings. The normalized spacial score (nSPS) is 10.4. The van der Waals surface area contributed by atoms with Crippen molar-refractivity contribution in [3.63, 3.8) is 0 Å². The Balaban J connectivity index is 1.87. The van der Waals surface area contributed by atoms with E-state index < -0.39 is 0 Å². The molecule has 2 rings (SSSR count). The summed E-state index contributed by atoms with van der Waals surface area (Å²) >= 11 is 0. The van der Waals surface area contributed by atoms with E-state index in [0.29, 0.717) is 17.4 Å². The van der Waals surface area contributed by atoms with Crippen LogP contribution in [0.4, 0.5) is 11.6 Å². The quantitative estimate of drug-likeness (QED) is 0.761. The average Bonchev–Trinajstić information content (AvgIpc) is 2.89. The van der Waals surface area contributed by atoms with Gasteiger partial charge in [-0.05, 0) is 25.5 Å². The number of nitrogens with zero attached hydrogens (tertiary/aromatic N) is 3. The van der Waals surface area contributed by atoms with E-state index in [1.807, 2.05) is 0 Å². The van der Waals surface area contributed by atoms with Crippen LogP contribution in [0.25, 0.3) is 0 Å². The van der Waals surface area contributed by atoms with Crippen molar-refractivity contribution in [1.82, 2.24) is 15.4 Å². The molecular formula is C14H19N5O2. The Morgan fingerprint density at radius 3 is 2.71 bits per heavy atom. The van der Waals surface area contributed by atoms with Crippen LogP contribution in [-0.4, -0.2) is 27.8 Å². The number of anilines is 2. The highest BCUT2D eigenvalue weighted by Gasteiger charge is 2.10. The van der Waals surface area contributed by atoms with Crippen molar-refractivity contribution in [2.24, 2.45) is 0 Å². The maximum atomic E-state index is 11.9. The van der Waals surface area contributed by atoms with Gasteiger partial charge in [-0.25, -0.2) is 0 Å². The summed E-state index contributed by atoms with van der Waals surface area (Å²) in [5, 5.41) is 17.3. The van der Waals surface area contributed by atoms with Crippen LogP contribution in [0.15, 0.2) is 22.7 Å². The fourth-order valence-electron chi connectivity index (χ4n) is 1.74. The van der Waals surface area contributed by atoms with Gasteiger partial charge in [0.15, 0.2) is 11.5 Å². The molecule has 2 heterocycles. The van der Waals surface area contributed by atoms with Crippen LogP contribution in [-0.2, 0) is 0 Å². The summed E-state index contributed by atoms with van der Waals surface area (Å²) in [6.07, 6.45) is 3.44. The van der Waals surface area contributed by atoms with E-state index in [2.05, 4.69) is 32.9 Å². The molecule has 0 fully saturated rings. The molecule has 0 atom stereocenters. The molecule has 0 spiro atoms. The van der Waals surface area contributed by atoms with E-state index in [9.17, 15) is 4.79 Å². The Morgan fingerprint density at radius 2 is 2.10 bits per heavy atom. The van der Waals surface area contributed by atoms with Crippen molar-refractivity contribution in [1.29, 1.82) is 0 Å². The molecule has 7 heteroatoms. The van der Waals surface area contributed by atoms with Gasteiger partial charge >= 0.3 is 0 Å². The van der Waals surface area contributed by atoms with E-state index in [1.54, 1.807) is 25.1 Å². The number of nitrogens with one attached hydrogen (secondary N) is 2. The zero-order chi connectivity index (χ0) is 15.1. The first-order valence-corrected chi connectivity index (χ1v) is 7.01. The molecule has 0 aliphatic carbocycles. The molecule has 2 aromatic heterocycles. The van der Waals surface area contributed by atoms with Crippen molar-refractivity contribution < 1.29 is 9.32 Å². The Bertz CT molecular complexity index is 579. The first-order chi connectivity index (χ1) is 10.2. The van der Waals surface area contributed by atoms with E-state index in [1.165, 1.54) is 12.8 Å². The zero-order valence-corrected chi connectivity index (χ0v) is 12.2. The number of rotatable bonds is 7. The highest BCUT2D eigenvalue weighted by Crippen LogP contribution is 2.09. The summed E-state index contributed by atoms with van der Waals surface area (Å²) < 4.78 is 4.87. The Morgan fingerprint density at radius 1 is 1.24 bits per heavy atom. The monoisotopic (exact) mass is 289 g/mol. The maximum absolute atomic E-state index is 11.9. The Labute approximate surface area is 123 Å². The molecule has 21 heavy (non-hydrogen) atoms. The maximum Gasteiger partial charge on any atom is 0.277 e. The molecule has 0 aliphatic rings. The predicted molar refractivity (Wildman–Crippen MR) is 79.2 cm³/mol. The first kappa shape index (κ1) is 15.0. The molecule has 1 amide bonds. The van der Waals surface area contributed by atoms with E-state index in [0.717, 1.165) is 13.0 Å². The summed E-state index contributed by atoms with van der Waals surface area (Å²) in [7, 11) is 0. The number of aromatic nitrogens is 3. The minimum absolute atomic E-state index is 0.231. The average molecular weight is 289 g/mol. The van der Waals surface area contributed by atoms with Gasteiger partial charge in [0.05, 0.1) is 0 Å². The standard InChI is InChI=1S/C14H19N5O2/c1-3-4-5-8-15-12-7-6-11(17-18-12)14(20)16-13-9-10(2)21-19-13/h6-7,9H,3-5,8H2,1-2H3,(H,15,18)(H,16,19,20).